The van der Waals surface area contributed by atoms with Crippen LogP contribution in [0, 0.1) is 6.92 Å². The summed E-state index contributed by atoms with van der Waals surface area (Å²) in [6.07, 6.45) is 0.270. The summed E-state index contributed by atoms with van der Waals surface area (Å²) in [5.74, 6) is -1.70. The van der Waals surface area contributed by atoms with Gasteiger partial charge in [0.1, 0.15) is 5.75 Å². The van der Waals surface area contributed by atoms with Crippen LogP contribution in [0.4, 0.5) is 5.69 Å². The van der Waals surface area contributed by atoms with Crippen LogP contribution in [0.2, 0.25) is 0 Å². The van der Waals surface area contributed by atoms with E-state index in [-0.39, 0.29) is 48.9 Å². The summed E-state index contributed by atoms with van der Waals surface area (Å²) in [4.78, 5) is 60.7. The lowest BCUT2D eigenvalue weighted by molar-refractivity contribution is -0.142. The number of ketones is 2. The number of carbonyl (C=O) groups is 5. The van der Waals surface area contributed by atoms with Gasteiger partial charge in [-0.2, -0.15) is 0 Å². The van der Waals surface area contributed by atoms with Gasteiger partial charge in [-0.05, 0) is 49.7 Å². The number of methoxy groups -OCH3 is 1. The Kier molecular flexibility index (Phi) is 10.5. The first-order valence-electron chi connectivity index (χ1n) is 12.2. The zero-order valence-corrected chi connectivity index (χ0v) is 21.7. The highest BCUT2D eigenvalue weighted by Crippen LogP contribution is 2.14. The molecule has 0 aromatic heterocycles. The minimum Gasteiger partial charge on any atom is -0.497 e. The number of rotatable bonds is 13. The summed E-state index contributed by atoms with van der Waals surface area (Å²) in [6.45, 7) is 1.14. The maximum absolute atomic E-state index is 12.2. The van der Waals surface area contributed by atoms with Gasteiger partial charge in [0.05, 0.1) is 12.7 Å². The number of carbonyl (C=O) groups excluding carboxylic acids is 5. The van der Waals surface area contributed by atoms with E-state index in [1.165, 1.54) is 31.4 Å². The number of Topliss-reactive ketones (excluding diaryl/α,β-unsaturated/α-hetero) is 2. The molecule has 0 unspecified atom stereocenters. The van der Waals surface area contributed by atoms with Crippen LogP contribution in [0.25, 0.3) is 0 Å². The Morgan fingerprint density at radius 3 is 2.05 bits per heavy atom. The third kappa shape index (κ3) is 9.23. The van der Waals surface area contributed by atoms with Crippen LogP contribution >= 0.6 is 0 Å². The first-order valence-corrected chi connectivity index (χ1v) is 12.2. The summed E-state index contributed by atoms with van der Waals surface area (Å²) in [7, 11) is 1.49. The van der Waals surface area contributed by atoms with Crippen molar-refractivity contribution in [3.63, 3.8) is 0 Å². The number of amides is 1. The van der Waals surface area contributed by atoms with Crippen LogP contribution < -0.4 is 10.1 Å². The van der Waals surface area contributed by atoms with Crippen LogP contribution in [-0.2, 0) is 19.1 Å². The molecule has 0 heterocycles. The molecule has 0 saturated carbocycles. The Morgan fingerprint density at radius 1 is 0.718 bits per heavy atom. The van der Waals surface area contributed by atoms with E-state index in [2.05, 4.69) is 5.32 Å². The van der Waals surface area contributed by atoms with Crippen molar-refractivity contribution in [1.82, 2.24) is 0 Å². The molecule has 3 rings (SSSR count). The summed E-state index contributed by atoms with van der Waals surface area (Å²) in [5.41, 5.74) is 2.54. The molecular formula is C30H29NO8. The summed E-state index contributed by atoms with van der Waals surface area (Å²) < 4.78 is 15.2. The molecule has 9 nitrogen and oxygen atoms in total. The van der Waals surface area contributed by atoms with Gasteiger partial charge in [0.25, 0.3) is 0 Å². The minimum absolute atomic E-state index is 0.0229. The van der Waals surface area contributed by atoms with Crippen molar-refractivity contribution in [2.75, 3.05) is 25.6 Å². The quantitative estimate of drug-likeness (QED) is 0.251. The Balaban J connectivity index is 1.35. The summed E-state index contributed by atoms with van der Waals surface area (Å²) in [6, 6.07) is 19.5. The molecule has 9 heteroatoms. The molecule has 0 radical (unpaired) electrons. The maximum atomic E-state index is 12.2. The molecule has 1 N–H and O–H groups in total. The number of benzene rings is 3. The van der Waals surface area contributed by atoms with Crippen molar-refractivity contribution in [2.24, 2.45) is 0 Å². The number of ether oxygens (including phenoxy) is 3. The normalized spacial score (nSPS) is 10.3. The predicted molar refractivity (Wildman–Crippen MR) is 143 cm³/mol. The molecule has 0 aliphatic rings. The van der Waals surface area contributed by atoms with Crippen LogP contribution in [0.15, 0.2) is 72.8 Å². The molecule has 0 atom stereocenters. The smallest absolute Gasteiger partial charge is 0.338 e. The molecular weight excluding hydrogens is 502 g/mol. The lowest BCUT2D eigenvalue weighted by atomic mass is 10.1. The van der Waals surface area contributed by atoms with Gasteiger partial charge in [-0.1, -0.05) is 42.0 Å². The fourth-order valence-corrected chi connectivity index (χ4v) is 3.44. The summed E-state index contributed by atoms with van der Waals surface area (Å²) >= 11 is 0. The molecule has 3 aromatic rings. The lowest BCUT2D eigenvalue weighted by Gasteiger charge is -2.08. The van der Waals surface area contributed by atoms with Gasteiger partial charge in [-0.15, -0.1) is 0 Å². The number of anilines is 1. The van der Waals surface area contributed by atoms with Gasteiger partial charge >= 0.3 is 11.9 Å². The van der Waals surface area contributed by atoms with E-state index in [0.29, 0.717) is 22.6 Å². The first-order chi connectivity index (χ1) is 18.7. The van der Waals surface area contributed by atoms with Crippen molar-refractivity contribution in [1.29, 1.82) is 0 Å². The van der Waals surface area contributed by atoms with E-state index in [1.807, 2.05) is 6.92 Å². The Hall–Kier alpha value is -4.79. The third-order valence-electron chi connectivity index (χ3n) is 5.65. The molecule has 0 saturated heterocycles. The fourth-order valence-electron chi connectivity index (χ4n) is 3.44. The minimum atomic E-state index is -0.656. The van der Waals surface area contributed by atoms with E-state index in [9.17, 15) is 24.0 Å². The highest BCUT2D eigenvalue weighted by molar-refractivity contribution is 6.00. The van der Waals surface area contributed by atoms with Gasteiger partial charge in [-0.3, -0.25) is 19.2 Å². The average molecular weight is 532 g/mol. The van der Waals surface area contributed by atoms with Gasteiger partial charge in [0.2, 0.25) is 5.91 Å². The van der Waals surface area contributed by atoms with Crippen molar-refractivity contribution in [3.8, 4) is 5.75 Å². The monoisotopic (exact) mass is 531 g/mol. The van der Waals surface area contributed by atoms with Crippen LogP contribution in [0.3, 0.4) is 0 Å². The highest BCUT2D eigenvalue weighted by Gasteiger charge is 2.14. The van der Waals surface area contributed by atoms with Crippen LogP contribution in [-0.4, -0.2) is 49.7 Å². The molecule has 0 bridgehead atoms. The predicted octanol–water partition coefficient (Wildman–Crippen LogP) is 4.58. The number of aryl methyl sites for hydroxylation is 1. The van der Waals surface area contributed by atoms with E-state index < -0.39 is 18.5 Å². The molecule has 0 fully saturated rings. The zero-order chi connectivity index (χ0) is 28.2. The maximum Gasteiger partial charge on any atom is 0.338 e. The second-order valence-corrected chi connectivity index (χ2v) is 8.66. The highest BCUT2D eigenvalue weighted by atomic mass is 16.5. The topological polar surface area (TPSA) is 125 Å². The molecule has 1 amide bonds. The van der Waals surface area contributed by atoms with Crippen LogP contribution in [0.5, 0.6) is 5.75 Å². The zero-order valence-electron chi connectivity index (χ0n) is 21.7. The van der Waals surface area contributed by atoms with E-state index in [4.69, 9.17) is 14.2 Å². The van der Waals surface area contributed by atoms with Gasteiger partial charge in [0, 0.05) is 29.7 Å². The second-order valence-electron chi connectivity index (χ2n) is 8.66. The van der Waals surface area contributed by atoms with Crippen molar-refractivity contribution in [3.05, 3.63) is 95.1 Å². The molecule has 202 valence electrons. The van der Waals surface area contributed by atoms with Gasteiger partial charge in [-0.25, -0.2) is 4.79 Å². The van der Waals surface area contributed by atoms with Crippen LogP contribution in [0.1, 0.15) is 55.9 Å². The molecule has 3 aromatic carbocycles. The van der Waals surface area contributed by atoms with Crippen molar-refractivity contribution >= 4 is 35.1 Å². The molecule has 0 aliphatic heterocycles. The van der Waals surface area contributed by atoms with Gasteiger partial charge < -0.3 is 19.5 Å². The SMILES string of the molecule is COc1cccc(C(=O)COC(=O)CCCC(=O)Nc2ccc(C(=O)OCC(=O)c3ccc(C)cc3)cc2)c1. The molecule has 0 aliphatic carbocycles. The second kappa shape index (κ2) is 14.2. The summed E-state index contributed by atoms with van der Waals surface area (Å²) in [5, 5.41) is 2.68. The fraction of sp³-hybridized carbons (Fsp3) is 0.233. The Bertz CT molecular complexity index is 1330. The third-order valence-corrected chi connectivity index (χ3v) is 5.65. The van der Waals surface area contributed by atoms with Crippen molar-refractivity contribution < 1.29 is 38.2 Å². The average Bonchev–Trinajstić information content (AvgIpc) is 2.95. The van der Waals surface area contributed by atoms with E-state index in [0.717, 1.165) is 5.56 Å². The van der Waals surface area contributed by atoms with E-state index in [1.54, 1.807) is 48.5 Å². The standard InChI is InChI=1S/C30H29NO8/c1-20-9-11-21(12-10-20)26(32)19-39-30(36)22-13-15-24(16-14-22)31-28(34)7-4-8-29(35)38-18-27(33)23-5-3-6-25(17-23)37-2/h3,5-6,9-17H,4,7-8,18-19H2,1-2H3,(H,31,34). The largest absolute Gasteiger partial charge is 0.497 e. The number of nitrogens with one attached hydrogen (secondary N) is 1. The molecule has 39 heavy (non-hydrogen) atoms. The van der Waals surface area contributed by atoms with Crippen molar-refractivity contribution in [2.45, 2.75) is 26.2 Å². The Morgan fingerprint density at radius 2 is 1.36 bits per heavy atom. The van der Waals surface area contributed by atoms with E-state index >= 15 is 0 Å². The number of hydrogen-bond acceptors (Lipinski definition) is 8. The molecule has 0 spiro atoms. The number of esters is 2. The number of hydrogen-bond donors (Lipinski definition) is 1. The first kappa shape index (κ1) is 28.8. The van der Waals surface area contributed by atoms with Gasteiger partial charge in [0.15, 0.2) is 24.8 Å². The lowest BCUT2D eigenvalue weighted by Crippen LogP contribution is -2.16. The Labute approximate surface area is 226 Å².